The van der Waals surface area contributed by atoms with E-state index in [2.05, 4.69) is 4.98 Å². The van der Waals surface area contributed by atoms with Crippen molar-refractivity contribution in [2.75, 3.05) is 39.4 Å². The van der Waals surface area contributed by atoms with Crippen molar-refractivity contribution in [2.24, 2.45) is 0 Å². The normalized spacial score (nSPS) is 13.6. The molecule has 4 rings (SSSR count). The second kappa shape index (κ2) is 10.3. The quantitative estimate of drug-likeness (QED) is 0.536. The number of nitrogens with zero attached hydrogens (tertiary/aromatic N) is 3. The molecule has 0 atom stereocenters. The molecule has 9 heteroatoms. The predicted octanol–water partition coefficient (Wildman–Crippen LogP) is 3.50. The van der Waals surface area contributed by atoms with Crippen LogP contribution in [0.1, 0.15) is 17.3 Å². The third-order valence-corrected chi connectivity index (χ3v) is 5.56. The number of benzene rings is 2. The van der Waals surface area contributed by atoms with Crippen LogP contribution < -0.4 is 0 Å². The van der Waals surface area contributed by atoms with Gasteiger partial charge in [-0.2, -0.15) is 0 Å². The van der Waals surface area contributed by atoms with E-state index < -0.39 is 18.7 Å². The van der Waals surface area contributed by atoms with E-state index in [1.807, 2.05) is 0 Å². The van der Waals surface area contributed by atoms with Crippen molar-refractivity contribution in [3.05, 3.63) is 66.0 Å². The van der Waals surface area contributed by atoms with E-state index in [1.165, 1.54) is 12.1 Å². The second-order valence-electron chi connectivity index (χ2n) is 7.72. The lowest BCUT2D eigenvalue weighted by Crippen LogP contribution is -2.51. The summed E-state index contributed by atoms with van der Waals surface area (Å²) < 4.78 is 23.7. The highest BCUT2D eigenvalue weighted by atomic mass is 19.1. The number of halogens is 1. The summed E-state index contributed by atoms with van der Waals surface area (Å²) in [5, 5.41) is 0.592. The van der Waals surface area contributed by atoms with Gasteiger partial charge >= 0.3 is 12.1 Å². The zero-order valence-electron chi connectivity index (χ0n) is 18.7. The molecule has 3 aromatic rings. The van der Waals surface area contributed by atoms with Crippen molar-refractivity contribution in [1.82, 2.24) is 14.8 Å². The average molecular weight is 465 g/mol. The highest BCUT2D eigenvalue weighted by Crippen LogP contribution is 2.25. The summed E-state index contributed by atoms with van der Waals surface area (Å²) in [7, 11) is 0. The van der Waals surface area contributed by atoms with Crippen LogP contribution in [0.5, 0.6) is 0 Å². The summed E-state index contributed by atoms with van der Waals surface area (Å²) in [5.74, 6) is -1.36. The third-order valence-electron chi connectivity index (χ3n) is 5.56. The number of esters is 1. The Balaban J connectivity index is 1.45. The number of hydrogen-bond donors (Lipinski definition) is 0. The fraction of sp³-hybridized carbons (Fsp3) is 0.280. The first-order valence-corrected chi connectivity index (χ1v) is 11.0. The highest BCUT2D eigenvalue weighted by Gasteiger charge is 2.26. The first-order valence-electron chi connectivity index (χ1n) is 11.0. The highest BCUT2D eigenvalue weighted by molar-refractivity contribution is 6.05. The Morgan fingerprint density at radius 1 is 0.941 bits per heavy atom. The Bertz CT molecular complexity index is 1210. The maximum atomic E-state index is 13.3. The number of hydrogen-bond acceptors (Lipinski definition) is 6. The van der Waals surface area contributed by atoms with Crippen LogP contribution in [0.2, 0.25) is 0 Å². The van der Waals surface area contributed by atoms with Gasteiger partial charge in [-0.15, -0.1) is 0 Å². The molecule has 1 aliphatic rings. The van der Waals surface area contributed by atoms with Gasteiger partial charge in [-0.25, -0.2) is 19.0 Å². The van der Waals surface area contributed by atoms with Crippen LogP contribution in [-0.2, 0) is 14.3 Å². The molecule has 0 aliphatic carbocycles. The Kier molecular flexibility index (Phi) is 7.01. The van der Waals surface area contributed by atoms with Crippen molar-refractivity contribution in [3.8, 4) is 11.3 Å². The molecule has 1 aliphatic heterocycles. The zero-order valence-corrected chi connectivity index (χ0v) is 18.7. The minimum Gasteiger partial charge on any atom is -0.452 e. The number of para-hydroxylation sites is 1. The van der Waals surface area contributed by atoms with Gasteiger partial charge < -0.3 is 19.3 Å². The molecule has 34 heavy (non-hydrogen) atoms. The molecule has 0 saturated carbocycles. The van der Waals surface area contributed by atoms with Gasteiger partial charge in [0.05, 0.1) is 23.4 Å². The van der Waals surface area contributed by atoms with Crippen molar-refractivity contribution >= 4 is 28.9 Å². The summed E-state index contributed by atoms with van der Waals surface area (Å²) >= 11 is 0. The number of pyridine rings is 1. The smallest absolute Gasteiger partial charge is 0.409 e. The second-order valence-corrected chi connectivity index (χ2v) is 7.72. The fourth-order valence-electron chi connectivity index (χ4n) is 3.76. The molecule has 2 amide bonds. The lowest BCUT2D eigenvalue weighted by molar-refractivity contribution is -0.136. The van der Waals surface area contributed by atoms with Crippen LogP contribution in [0.4, 0.5) is 9.18 Å². The Morgan fingerprint density at radius 2 is 1.62 bits per heavy atom. The van der Waals surface area contributed by atoms with Gasteiger partial charge in [-0.3, -0.25) is 4.79 Å². The average Bonchev–Trinajstić information content (AvgIpc) is 2.87. The molecule has 1 fully saturated rings. The molecule has 1 aromatic heterocycles. The number of ether oxygens (including phenoxy) is 2. The van der Waals surface area contributed by atoms with Crippen LogP contribution in [-0.4, -0.2) is 72.1 Å². The lowest BCUT2D eigenvalue weighted by atomic mass is 10.0. The summed E-state index contributed by atoms with van der Waals surface area (Å²) in [6, 6.07) is 14.5. The number of aromatic nitrogens is 1. The van der Waals surface area contributed by atoms with E-state index in [0.29, 0.717) is 54.9 Å². The van der Waals surface area contributed by atoms with Gasteiger partial charge in [0, 0.05) is 37.1 Å². The van der Waals surface area contributed by atoms with E-state index in [1.54, 1.807) is 59.2 Å². The minimum atomic E-state index is -0.652. The SMILES string of the molecule is CCOC(=O)N1CCN(C(=O)COC(=O)c2cc(-c3ccc(F)cc3)nc3ccccc23)CC1. The number of carbonyl (C=O) groups excluding carboxylic acids is 3. The van der Waals surface area contributed by atoms with Gasteiger partial charge in [-0.05, 0) is 43.3 Å². The molecule has 0 radical (unpaired) electrons. The van der Waals surface area contributed by atoms with Crippen LogP contribution in [0.15, 0.2) is 54.6 Å². The molecular formula is C25H24FN3O5. The summed E-state index contributed by atoms with van der Waals surface area (Å²) in [4.78, 5) is 45.0. The van der Waals surface area contributed by atoms with Gasteiger partial charge in [0.15, 0.2) is 6.61 Å². The summed E-state index contributed by atoms with van der Waals surface area (Å²) in [6.07, 6.45) is -0.400. The lowest BCUT2D eigenvalue weighted by Gasteiger charge is -2.33. The van der Waals surface area contributed by atoms with Crippen molar-refractivity contribution < 1.29 is 28.2 Å². The molecule has 0 spiro atoms. The predicted molar refractivity (Wildman–Crippen MR) is 123 cm³/mol. The first kappa shape index (κ1) is 23.2. The molecular weight excluding hydrogens is 441 g/mol. The van der Waals surface area contributed by atoms with E-state index in [-0.39, 0.29) is 17.3 Å². The Hall–Kier alpha value is -4.01. The van der Waals surface area contributed by atoms with Crippen molar-refractivity contribution in [2.45, 2.75) is 6.92 Å². The van der Waals surface area contributed by atoms with Crippen molar-refractivity contribution in [3.63, 3.8) is 0 Å². The van der Waals surface area contributed by atoms with Crippen LogP contribution in [0.25, 0.3) is 22.2 Å². The van der Waals surface area contributed by atoms with Crippen molar-refractivity contribution in [1.29, 1.82) is 0 Å². The van der Waals surface area contributed by atoms with Gasteiger partial charge in [-0.1, -0.05) is 18.2 Å². The van der Waals surface area contributed by atoms with Gasteiger partial charge in [0.25, 0.3) is 5.91 Å². The fourth-order valence-corrected chi connectivity index (χ4v) is 3.76. The molecule has 0 bridgehead atoms. The maximum absolute atomic E-state index is 13.3. The monoisotopic (exact) mass is 465 g/mol. The minimum absolute atomic E-state index is 0.268. The molecule has 0 N–H and O–H groups in total. The first-order chi connectivity index (χ1) is 16.5. The van der Waals surface area contributed by atoms with Crippen LogP contribution in [0.3, 0.4) is 0 Å². The summed E-state index contributed by atoms with van der Waals surface area (Å²) in [6.45, 7) is 3.00. The zero-order chi connectivity index (χ0) is 24.1. The Labute approximate surface area is 195 Å². The molecule has 176 valence electrons. The van der Waals surface area contributed by atoms with Gasteiger partial charge in [0.1, 0.15) is 5.82 Å². The summed E-state index contributed by atoms with van der Waals surface area (Å²) in [5.41, 5.74) is 1.99. The number of amides is 2. The van der Waals surface area contributed by atoms with E-state index >= 15 is 0 Å². The Morgan fingerprint density at radius 3 is 2.32 bits per heavy atom. The number of piperazine rings is 1. The van der Waals surface area contributed by atoms with Crippen LogP contribution >= 0.6 is 0 Å². The number of rotatable bonds is 5. The third kappa shape index (κ3) is 5.14. The molecule has 2 heterocycles. The molecule has 1 saturated heterocycles. The maximum Gasteiger partial charge on any atom is 0.409 e. The molecule has 2 aromatic carbocycles. The molecule has 0 unspecified atom stereocenters. The largest absolute Gasteiger partial charge is 0.452 e. The standard InChI is InChI=1S/C25H24FN3O5/c1-2-33-25(32)29-13-11-28(12-14-29)23(30)16-34-24(31)20-15-22(17-7-9-18(26)10-8-17)27-21-6-4-3-5-19(20)21/h3-10,15H,2,11-14,16H2,1H3. The van der Waals surface area contributed by atoms with Gasteiger partial charge in [0.2, 0.25) is 0 Å². The van der Waals surface area contributed by atoms with Crippen LogP contribution in [0, 0.1) is 5.82 Å². The number of fused-ring (bicyclic) bond motifs is 1. The van der Waals surface area contributed by atoms with E-state index in [4.69, 9.17) is 9.47 Å². The topological polar surface area (TPSA) is 89.0 Å². The van der Waals surface area contributed by atoms with E-state index in [9.17, 15) is 18.8 Å². The number of carbonyl (C=O) groups is 3. The van der Waals surface area contributed by atoms with E-state index in [0.717, 1.165) is 0 Å². The molecule has 8 nitrogen and oxygen atoms in total.